The molecule has 4 heteroatoms. The minimum Gasteiger partial charge on any atom is -0.380 e. The Bertz CT molecular complexity index is 577. The summed E-state index contributed by atoms with van der Waals surface area (Å²) < 4.78 is 0. The van der Waals surface area contributed by atoms with Gasteiger partial charge in [0.2, 0.25) is 0 Å². The maximum atomic E-state index is 8.80. The van der Waals surface area contributed by atoms with E-state index in [9.17, 15) is 0 Å². The maximum absolute atomic E-state index is 8.80. The van der Waals surface area contributed by atoms with Crippen molar-refractivity contribution >= 4 is 22.7 Å². The van der Waals surface area contributed by atoms with Gasteiger partial charge in [0.25, 0.3) is 0 Å². The van der Waals surface area contributed by atoms with Crippen LogP contribution in [0.25, 0.3) is 0 Å². The van der Waals surface area contributed by atoms with Crippen LogP contribution in [0.5, 0.6) is 0 Å². The van der Waals surface area contributed by atoms with Gasteiger partial charge < -0.3 is 10.2 Å². The topological polar surface area (TPSA) is 39.1 Å². The Hall–Kier alpha value is -1.99. The number of rotatable bonds is 6. The fraction of sp³-hybridized carbons (Fsp3) is 0.312. The van der Waals surface area contributed by atoms with Gasteiger partial charge in [0.1, 0.15) is 6.07 Å². The van der Waals surface area contributed by atoms with Gasteiger partial charge in [0.15, 0.2) is 0 Å². The molecule has 1 N–H and O–H groups in total. The summed E-state index contributed by atoms with van der Waals surface area (Å²) in [5.74, 6) is 0. The molecule has 0 radical (unpaired) electrons. The number of benzene rings is 1. The molecule has 0 aliphatic heterocycles. The van der Waals surface area contributed by atoms with Crippen molar-refractivity contribution in [3.05, 3.63) is 46.2 Å². The fourth-order valence-corrected chi connectivity index (χ4v) is 2.85. The highest BCUT2D eigenvalue weighted by Gasteiger charge is 2.02. The van der Waals surface area contributed by atoms with E-state index in [1.807, 2.05) is 11.4 Å². The van der Waals surface area contributed by atoms with E-state index in [-0.39, 0.29) is 0 Å². The quantitative estimate of drug-likeness (QED) is 0.869. The molecule has 0 amide bonds. The van der Waals surface area contributed by atoms with E-state index >= 15 is 0 Å². The fourth-order valence-electron chi connectivity index (χ4n) is 2.10. The summed E-state index contributed by atoms with van der Waals surface area (Å²) in [6, 6.07) is 12.6. The average molecular weight is 285 g/mol. The lowest BCUT2D eigenvalue weighted by Gasteiger charge is -2.21. The first-order chi connectivity index (χ1) is 9.76. The van der Waals surface area contributed by atoms with Crippen molar-refractivity contribution in [2.45, 2.75) is 20.4 Å². The van der Waals surface area contributed by atoms with Crippen LogP contribution in [0.2, 0.25) is 0 Å². The van der Waals surface area contributed by atoms with Crippen molar-refractivity contribution in [2.24, 2.45) is 0 Å². The van der Waals surface area contributed by atoms with Gasteiger partial charge in [-0.2, -0.15) is 5.26 Å². The van der Waals surface area contributed by atoms with Crippen LogP contribution in [-0.4, -0.2) is 13.1 Å². The molecule has 3 nitrogen and oxygen atoms in total. The Kier molecular flexibility index (Phi) is 5.03. The van der Waals surface area contributed by atoms with E-state index in [2.05, 4.69) is 54.4 Å². The molecule has 0 aliphatic carbocycles. The summed E-state index contributed by atoms with van der Waals surface area (Å²) in [5, 5.41) is 14.1. The second-order valence-corrected chi connectivity index (χ2v) is 5.48. The monoisotopic (exact) mass is 285 g/mol. The van der Waals surface area contributed by atoms with E-state index in [0.717, 1.165) is 30.9 Å². The van der Waals surface area contributed by atoms with Gasteiger partial charge in [-0.05, 0) is 44.2 Å². The average Bonchev–Trinajstić information content (AvgIpc) is 2.96. The summed E-state index contributed by atoms with van der Waals surface area (Å²) in [4.78, 5) is 3.50. The van der Waals surface area contributed by atoms with Gasteiger partial charge in [0, 0.05) is 41.3 Å². The highest BCUT2D eigenvalue weighted by atomic mass is 32.1. The van der Waals surface area contributed by atoms with Crippen LogP contribution in [0.4, 0.5) is 11.4 Å². The van der Waals surface area contributed by atoms with Crippen LogP contribution in [-0.2, 0) is 6.54 Å². The molecule has 1 aromatic heterocycles. The predicted octanol–water partition coefficient (Wildman–Crippen LogP) is 4.08. The minimum atomic E-state index is 0.740. The zero-order valence-electron chi connectivity index (χ0n) is 11.9. The number of anilines is 2. The SMILES string of the molecule is CCN(CC)c1ccc(NCc2cc(C#N)cs2)cc1. The third-order valence-electron chi connectivity index (χ3n) is 3.25. The molecule has 0 bridgehead atoms. The molecule has 0 fully saturated rings. The highest BCUT2D eigenvalue weighted by molar-refractivity contribution is 7.10. The summed E-state index contributed by atoms with van der Waals surface area (Å²) in [6.45, 7) is 7.14. The normalized spacial score (nSPS) is 10.1. The molecule has 0 saturated carbocycles. The van der Waals surface area contributed by atoms with Gasteiger partial charge in [-0.15, -0.1) is 11.3 Å². The third-order valence-corrected chi connectivity index (χ3v) is 4.18. The largest absolute Gasteiger partial charge is 0.380 e. The summed E-state index contributed by atoms with van der Waals surface area (Å²) in [5.41, 5.74) is 3.10. The van der Waals surface area contributed by atoms with Gasteiger partial charge in [-0.25, -0.2) is 0 Å². The van der Waals surface area contributed by atoms with Crippen molar-refractivity contribution in [3.63, 3.8) is 0 Å². The number of thiophene rings is 1. The van der Waals surface area contributed by atoms with Crippen molar-refractivity contribution in [1.29, 1.82) is 5.26 Å². The summed E-state index contributed by atoms with van der Waals surface area (Å²) in [7, 11) is 0. The van der Waals surface area contributed by atoms with Gasteiger partial charge in [-0.1, -0.05) is 0 Å². The van der Waals surface area contributed by atoms with Crippen molar-refractivity contribution in [1.82, 2.24) is 0 Å². The second-order valence-electron chi connectivity index (χ2n) is 4.49. The lowest BCUT2D eigenvalue weighted by Crippen LogP contribution is -2.21. The molecule has 104 valence electrons. The standard InChI is InChI=1S/C16H19N3S/c1-3-19(4-2)15-7-5-14(6-8-15)18-11-16-9-13(10-17)12-20-16/h5-9,12,18H,3-4,11H2,1-2H3. The second kappa shape index (κ2) is 6.97. The maximum Gasteiger partial charge on any atom is 0.100 e. The molecule has 0 unspecified atom stereocenters. The smallest absolute Gasteiger partial charge is 0.100 e. The van der Waals surface area contributed by atoms with E-state index in [1.165, 1.54) is 10.6 Å². The van der Waals surface area contributed by atoms with Crippen molar-refractivity contribution < 1.29 is 0 Å². The Balaban J connectivity index is 1.95. The zero-order valence-corrected chi connectivity index (χ0v) is 12.7. The molecule has 0 spiro atoms. The van der Waals surface area contributed by atoms with E-state index in [0.29, 0.717) is 0 Å². The predicted molar refractivity (Wildman–Crippen MR) is 86.4 cm³/mol. The first kappa shape index (κ1) is 14.4. The number of nitrogens with zero attached hydrogens (tertiary/aromatic N) is 2. The Labute approximate surface area is 124 Å². The minimum absolute atomic E-state index is 0.740. The molecular formula is C16H19N3S. The Morgan fingerprint density at radius 1 is 1.20 bits per heavy atom. The zero-order chi connectivity index (χ0) is 14.4. The van der Waals surface area contributed by atoms with Gasteiger partial charge in [0.05, 0.1) is 5.56 Å². The molecule has 0 atom stereocenters. The molecule has 1 heterocycles. The summed E-state index contributed by atoms with van der Waals surface area (Å²) in [6.07, 6.45) is 0. The number of hydrogen-bond acceptors (Lipinski definition) is 4. The molecule has 2 rings (SSSR count). The summed E-state index contributed by atoms with van der Waals surface area (Å²) >= 11 is 1.62. The third kappa shape index (κ3) is 3.52. The van der Waals surface area contributed by atoms with Crippen LogP contribution in [0.1, 0.15) is 24.3 Å². The van der Waals surface area contributed by atoms with Crippen LogP contribution in [0.15, 0.2) is 35.7 Å². The Morgan fingerprint density at radius 2 is 1.90 bits per heavy atom. The molecule has 0 aliphatic rings. The van der Waals surface area contributed by atoms with Crippen LogP contribution in [0.3, 0.4) is 0 Å². The first-order valence-corrected chi connectivity index (χ1v) is 7.71. The molecule has 0 saturated heterocycles. The lowest BCUT2D eigenvalue weighted by atomic mass is 10.2. The molecular weight excluding hydrogens is 266 g/mol. The van der Waals surface area contributed by atoms with E-state index in [1.54, 1.807) is 11.3 Å². The van der Waals surface area contributed by atoms with E-state index < -0.39 is 0 Å². The lowest BCUT2D eigenvalue weighted by molar-refractivity contribution is 0.866. The van der Waals surface area contributed by atoms with Crippen LogP contribution >= 0.6 is 11.3 Å². The highest BCUT2D eigenvalue weighted by Crippen LogP contribution is 2.20. The molecule has 1 aromatic carbocycles. The number of nitriles is 1. The van der Waals surface area contributed by atoms with Crippen molar-refractivity contribution in [2.75, 3.05) is 23.3 Å². The van der Waals surface area contributed by atoms with Gasteiger partial charge in [-0.3, -0.25) is 0 Å². The van der Waals surface area contributed by atoms with Crippen molar-refractivity contribution in [3.8, 4) is 6.07 Å². The van der Waals surface area contributed by atoms with Gasteiger partial charge >= 0.3 is 0 Å². The number of hydrogen-bond donors (Lipinski definition) is 1. The van der Waals surface area contributed by atoms with Crippen LogP contribution < -0.4 is 10.2 Å². The van der Waals surface area contributed by atoms with Crippen LogP contribution in [0, 0.1) is 11.3 Å². The number of nitrogens with one attached hydrogen (secondary N) is 1. The first-order valence-electron chi connectivity index (χ1n) is 6.83. The van der Waals surface area contributed by atoms with E-state index in [4.69, 9.17) is 5.26 Å². The molecule has 2 aromatic rings. The molecule has 20 heavy (non-hydrogen) atoms. The Morgan fingerprint density at radius 3 is 2.45 bits per heavy atom.